The summed E-state index contributed by atoms with van der Waals surface area (Å²) in [4.78, 5) is 18.7. The molecule has 1 unspecified atom stereocenters. The first kappa shape index (κ1) is 11.7. The van der Waals surface area contributed by atoms with Crippen LogP contribution in [0.1, 0.15) is 31.7 Å². The van der Waals surface area contributed by atoms with Crippen LogP contribution in [0.5, 0.6) is 0 Å². The van der Waals surface area contributed by atoms with E-state index in [0.717, 1.165) is 32.4 Å². The third-order valence-corrected chi connectivity index (χ3v) is 3.94. The smallest absolute Gasteiger partial charge is 0.293 e. The van der Waals surface area contributed by atoms with Crippen LogP contribution in [0.2, 0.25) is 0 Å². The minimum Gasteiger partial charge on any atom is -0.351 e. The molecule has 1 atom stereocenters. The zero-order chi connectivity index (χ0) is 12.5. The Kier molecular flexibility index (Phi) is 3.07. The molecule has 5 nitrogen and oxygen atoms in total. The van der Waals surface area contributed by atoms with E-state index in [-0.39, 0.29) is 5.56 Å². The van der Waals surface area contributed by atoms with Crippen molar-refractivity contribution < 1.29 is 0 Å². The van der Waals surface area contributed by atoms with E-state index in [1.807, 2.05) is 22.7 Å². The van der Waals surface area contributed by atoms with E-state index in [9.17, 15) is 4.79 Å². The van der Waals surface area contributed by atoms with Gasteiger partial charge in [-0.05, 0) is 32.2 Å². The topological polar surface area (TPSA) is 50.2 Å². The van der Waals surface area contributed by atoms with Gasteiger partial charge in [-0.1, -0.05) is 0 Å². The second kappa shape index (κ2) is 4.72. The standard InChI is InChI=1S/C13H20N4O/c1-16(11-3-2-6-14-9-11)12-13(18)17(8-7-15-12)10-4-5-10/h7-8,10-11,14H,2-6,9H2,1H3. The van der Waals surface area contributed by atoms with Crippen molar-refractivity contribution in [1.29, 1.82) is 0 Å². The maximum Gasteiger partial charge on any atom is 0.293 e. The summed E-state index contributed by atoms with van der Waals surface area (Å²) in [6, 6.07) is 0.797. The third kappa shape index (κ3) is 2.14. The molecule has 18 heavy (non-hydrogen) atoms. The minimum atomic E-state index is 0.0630. The van der Waals surface area contributed by atoms with Gasteiger partial charge in [0.2, 0.25) is 0 Å². The van der Waals surface area contributed by atoms with E-state index in [4.69, 9.17) is 0 Å². The van der Waals surface area contributed by atoms with E-state index >= 15 is 0 Å². The molecule has 0 aromatic carbocycles. The Bertz CT molecular complexity index is 474. The first-order valence-corrected chi connectivity index (χ1v) is 6.78. The summed E-state index contributed by atoms with van der Waals surface area (Å²) in [5.41, 5.74) is 0.0630. The molecule has 2 aliphatic rings. The number of nitrogens with one attached hydrogen (secondary N) is 1. The number of anilines is 1. The Morgan fingerprint density at radius 3 is 2.94 bits per heavy atom. The predicted octanol–water partition coefficient (Wildman–Crippen LogP) is 0.766. The van der Waals surface area contributed by atoms with Crippen LogP contribution in [0.4, 0.5) is 5.82 Å². The number of rotatable bonds is 3. The highest BCUT2D eigenvalue weighted by Gasteiger charge is 2.27. The molecule has 98 valence electrons. The molecule has 5 heteroatoms. The van der Waals surface area contributed by atoms with Crippen LogP contribution in [0.15, 0.2) is 17.2 Å². The summed E-state index contributed by atoms with van der Waals surface area (Å²) >= 11 is 0. The monoisotopic (exact) mass is 248 g/mol. The summed E-state index contributed by atoms with van der Waals surface area (Å²) in [5, 5.41) is 3.38. The number of hydrogen-bond donors (Lipinski definition) is 1. The van der Waals surface area contributed by atoms with Gasteiger partial charge in [-0.2, -0.15) is 0 Å². The van der Waals surface area contributed by atoms with Crippen LogP contribution in [0.3, 0.4) is 0 Å². The highest BCUT2D eigenvalue weighted by atomic mass is 16.1. The molecule has 0 radical (unpaired) electrons. The van der Waals surface area contributed by atoms with Crippen LogP contribution in [-0.4, -0.2) is 35.7 Å². The van der Waals surface area contributed by atoms with Crippen molar-refractivity contribution in [2.45, 2.75) is 37.8 Å². The van der Waals surface area contributed by atoms with Gasteiger partial charge in [0.15, 0.2) is 5.82 Å². The van der Waals surface area contributed by atoms with Crippen LogP contribution in [-0.2, 0) is 0 Å². The number of nitrogens with zero attached hydrogens (tertiary/aromatic N) is 3. The quantitative estimate of drug-likeness (QED) is 0.858. The first-order chi connectivity index (χ1) is 8.77. The lowest BCUT2D eigenvalue weighted by Gasteiger charge is -2.32. The fourth-order valence-corrected chi connectivity index (χ4v) is 2.63. The predicted molar refractivity (Wildman–Crippen MR) is 71.1 cm³/mol. The molecule has 2 heterocycles. The van der Waals surface area contributed by atoms with Gasteiger partial charge in [-0.3, -0.25) is 4.79 Å². The lowest BCUT2D eigenvalue weighted by atomic mass is 10.1. The van der Waals surface area contributed by atoms with Crippen molar-refractivity contribution in [1.82, 2.24) is 14.9 Å². The maximum absolute atomic E-state index is 12.4. The fourth-order valence-electron chi connectivity index (χ4n) is 2.63. The molecule has 1 saturated carbocycles. The average molecular weight is 248 g/mol. The molecule has 3 rings (SSSR count). The Balaban J connectivity index is 1.86. The van der Waals surface area contributed by atoms with Gasteiger partial charge >= 0.3 is 0 Å². The minimum absolute atomic E-state index is 0.0630. The Morgan fingerprint density at radius 1 is 1.44 bits per heavy atom. The Hall–Kier alpha value is -1.36. The third-order valence-electron chi connectivity index (χ3n) is 3.94. The lowest BCUT2D eigenvalue weighted by Crippen LogP contribution is -2.46. The zero-order valence-electron chi connectivity index (χ0n) is 10.8. The summed E-state index contributed by atoms with van der Waals surface area (Å²) in [6.07, 6.45) is 8.11. The molecular formula is C13H20N4O. The van der Waals surface area contributed by atoms with Gasteiger partial charge in [0.25, 0.3) is 5.56 Å². The molecule has 0 bridgehead atoms. The molecular weight excluding hydrogens is 228 g/mol. The SMILES string of the molecule is CN(c1nccn(C2CC2)c1=O)C1CCCNC1. The maximum atomic E-state index is 12.4. The molecule has 1 aromatic heterocycles. The molecule has 1 aliphatic heterocycles. The first-order valence-electron chi connectivity index (χ1n) is 6.78. The van der Waals surface area contributed by atoms with Crippen LogP contribution >= 0.6 is 0 Å². The molecule has 2 fully saturated rings. The summed E-state index contributed by atoms with van der Waals surface area (Å²) in [6.45, 7) is 2.02. The van der Waals surface area contributed by atoms with Crippen LogP contribution in [0.25, 0.3) is 0 Å². The van der Waals surface area contributed by atoms with E-state index in [1.165, 1.54) is 6.42 Å². The summed E-state index contributed by atoms with van der Waals surface area (Å²) < 4.78 is 1.84. The van der Waals surface area contributed by atoms with Crippen molar-refractivity contribution in [3.8, 4) is 0 Å². The van der Waals surface area contributed by atoms with Crippen molar-refractivity contribution in [2.75, 3.05) is 25.0 Å². The number of piperidine rings is 1. The number of aromatic nitrogens is 2. The summed E-state index contributed by atoms with van der Waals surface area (Å²) in [5.74, 6) is 0.595. The zero-order valence-corrected chi connectivity index (χ0v) is 10.8. The van der Waals surface area contributed by atoms with E-state index in [0.29, 0.717) is 17.9 Å². The fraction of sp³-hybridized carbons (Fsp3) is 0.692. The van der Waals surface area contributed by atoms with Crippen molar-refractivity contribution in [3.05, 3.63) is 22.7 Å². The van der Waals surface area contributed by atoms with Crippen molar-refractivity contribution >= 4 is 5.82 Å². The highest BCUT2D eigenvalue weighted by Crippen LogP contribution is 2.33. The number of likely N-dealkylation sites (N-methyl/N-ethyl adjacent to an activating group) is 1. The average Bonchev–Trinajstić information content (AvgIpc) is 3.24. The molecule has 1 N–H and O–H groups in total. The molecule has 1 aromatic rings. The molecule has 0 spiro atoms. The van der Waals surface area contributed by atoms with E-state index in [1.54, 1.807) is 6.20 Å². The molecule has 0 amide bonds. The normalized spacial score (nSPS) is 23.9. The second-order valence-corrected chi connectivity index (χ2v) is 5.31. The second-order valence-electron chi connectivity index (χ2n) is 5.31. The van der Waals surface area contributed by atoms with E-state index < -0.39 is 0 Å². The van der Waals surface area contributed by atoms with Crippen molar-refractivity contribution in [3.63, 3.8) is 0 Å². The molecule has 1 saturated heterocycles. The van der Waals surface area contributed by atoms with Gasteiger partial charge in [0.05, 0.1) is 0 Å². The van der Waals surface area contributed by atoms with Gasteiger partial charge in [-0.15, -0.1) is 0 Å². The van der Waals surface area contributed by atoms with Crippen LogP contribution in [0, 0.1) is 0 Å². The van der Waals surface area contributed by atoms with Gasteiger partial charge in [0.1, 0.15) is 0 Å². The van der Waals surface area contributed by atoms with Gasteiger partial charge in [0, 0.05) is 38.1 Å². The van der Waals surface area contributed by atoms with Gasteiger partial charge < -0.3 is 14.8 Å². The van der Waals surface area contributed by atoms with Crippen LogP contribution < -0.4 is 15.8 Å². The van der Waals surface area contributed by atoms with E-state index in [2.05, 4.69) is 10.3 Å². The largest absolute Gasteiger partial charge is 0.351 e. The van der Waals surface area contributed by atoms with Crippen molar-refractivity contribution in [2.24, 2.45) is 0 Å². The lowest BCUT2D eigenvalue weighted by molar-refractivity contribution is 0.441. The Labute approximate surface area is 107 Å². The Morgan fingerprint density at radius 2 is 2.28 bits per heavy atom. The number of hydrogen-bond acceptors (Lipinski definition) is 4. The molecule has 1 aliphatic carbocycles. The summed E-state index contributed by atoms with van der Waals surface area (Å²) in [7, 11) is 1.98. The highest BCUT2D eigenvalue weighted by molar-refractivity contribution is 5.36. The van der Waals surface area contributed by atoms with Gasteiger partial charge in [-0.25, -0.2) is 4.98 Å².